The van der Waals surface area contributed by atoms with Crippen molar-refractivity contribution in [2.75, 3.05) is 0 Å². The zero-order valence-corrected chi connectivity index (χ0v) is 14.3. The van der Waals surface area contributed by atoms with E-state index in [1.54, 1.807) is 0 Å². The molecule has 1 fully saturated rings. The van der Waals surface area contributed by atoms with Crippen molar-refractivity contribution in [2.45, 2.75) is 46.4 Å². The lowest BCUT2D eigenvalue weighted by Crippen LogP contribution is -2.42. The summed E-state index contributed by atoms with van der Waals surface area (Å²) in [5.41, 5.74) is 1.53. The molecule has 2 N–H and O–H groups in total. The number of aromatic nitrogens is 1. The maximum absolute atomic E-state index is 9.69. The predicted molar refractivity (Wildman–Crippen MR) is 93.5 cm³/mol. The van der Waals surface area contributed by atoms with Gasteiger partial charge in [0.15, 0.2) is 0 Å². The van der Waals surface area contributed by atoms with Crippen molar-refractivity contribution in [3.05, 3.63) is 30.5 Å². The summed E-state index contributed by atoms with van der Waals surface area (Å²) in [5.74, 6) is 1.42. The summed E-state index contributed by atoms with van der Waals surface area (Å²) >= 11 is 0. The first-order valence-electron chi connectivity index (χ1n) is 8.56. The van der Waals surface area contributed by atoms with E-state index in [0.29, 0.717) is 23.2 Å². The van der Waals surface area contributed by atoms with E-state index >= 15 is 0 Å². The van der Waals surface area contributed by atoms with Crippen LogP contribution in [0.3, 0.4) is 0 Å². The second-order valence-corrected chi connectivity index (χ2v) is 6.93. The van der Waals surface area contributed by atoms with Gasteiger partial charge in [-0.05, 0) is 29.7 Å². The van der Waals surface area contributed by atoms with Gasteiger partial charge in [0.2, 0.25) is 0 Å². The average Bonchev–Trinajstić information content (AvgIpc) is 2.93. The molecule has 0 amide bonds. The summed E-state index contributed by atoms with van der Waals surface area (Å²) in [6, 6.07) is 7.84. The zero-order valence-electron chi connectivity index (χ0n) is 14.3. The van der Waals surface area contributed by atoms with E-state index in [4.69, 9.17) is 4.74 Å². The highest BCUT2D eigenvalue weighted by Crippen LogP contribution is 2.42. The third-order valence-corrected chi connectivity index (χ3v) is 5.74. The number of rotatable bonds is 3. The van der Waals surface area contributed by atoms with E-state index in [-0.39, 0.29) is 12.3 Å². The first-order chi connectivity index (χ1) is 11.0. The van der Waals surface area contributed by atoms with Gasteiger partial charge in [-0.25, -0.2) is 0 Å². The fourth-order valence-corrected chi connectivity index (χ4v) is 3.94. The molecule has 0 spiro atoms. The van der Waals surface area contributed by atoms with Crippen LogP contribution in [0, 0.1) is 17.8 Å². The van der Waals surface area contributed by atoms with Crippen molar-refractivity contribution in [3.63, 3.8) is 0 Å². The van der Waals surface area contributed by atoms with Crippen LogP contribution in [0.15, 0.2) is 30.5 Å². The number of ether oxygens (including phenoxy) is 1. The summed E-state index contributed by atoms with van der Waals surface area (Å²) in [7, 11) is -1.47. The Hall–Kier alpha value is -1.30. The first kappa shape index (κ1) is 16.6. The van der Waals surface area contributed by atoms with Crippen LogP contribution in [0.2, 0.25) is 0 Å². The maximum Gasteiger partial charge on any atom is 0.490 e. The molecule has 5 atom stereocenters. The minimum Gasteiger partial charge on any atom is -0.423 e. The van der Waals surface area contributed by atoms with Crippen LogP contribution in [0.5, 0.6) is 0 Å². The lowest BCUT2D eigenvalue weighted by molar-refractivity contribution is -0.166. The molecule has 5 heteroatoms. The lowest BCUT2D eigenvalue weighted by atomic mass is 9.77. The molecule has 0 aliphatic carbocycles. The summed E-state index contributed by atoms with van der Waals surface area (Å²) in [6.45, 7) is 8.95. The Morgan fingerprint density at radius 2 is 1.78 bits per heavy atom. The Morgan fingerprint density at radius 1 is 1.09 bits per heavy atom. The minimum atomic E-state index is -1.47. The molecule has 2 heterocycles. The maximum atomic E-state index is 9.69. The number of fused-ring (bicyclic) bond motifs is 1. The van der Waals surface area contributed by atoms with Crippen molar-refractivity contribution >= 4 is 23.5 Å². The highest BCUT2D eigenvalue weighted by atomic mass is 16.5. The predicted octanol–water partition coefficient (Wildman–Crippen LogP) is 2.54. The SMILES string of the molecule is CC[C@H]1O[C@@H](n2cc(B(O)O)c3ccccc32)[C@H](C)[C@@H](C)C1C. The lowest BCUT2D eigenvalue weighted by Gasteiger charge is -2.44. The van der Waals surface area contributed by atoms with Gasteiger partial charge in [-0.1, -0.05) is 45.9 Å². The zero-order chi connectivity index (χ0) is 16.7. The molecule has 1 aromatic carbocycles. The minimum absolute atomic E-state index is 0.0800. The second-order valence-electron chi connectivity index (χ2n) is 6.93. The normalized spacial score (nSPS) is 31.5. The molecular weight excluding hydrogens is 289 g/mol. The standard InChI is InChI=1S/C18H26BNO3/c1-5-17-12(3)11(2)13(4)18(23-17)20-10-15(19(21)22)14-8-6-7-9-16(14)20/h6-13,17-18,21-22H,5H2,1-4H3/t11-,12?,13+,17+,18+/m0/s1. The number of benzene rings is 1. The quantitative estimate of drug-likeness (QED) is 0.856. The van der Waals surface area contributed by atoms with Gasteiger partial charge >= 0.3 is 7.12 Å². The molecule has 4 nitrogen and oxygen atoms in total. The van der Waals surface area contributed by atoms with Gasteiger partial charge in [0.05, 0.1) is 6.10 Å². The monoisotopic (exact) mass is 315 g/mol. The third-order valence-electron chi connectivity index (χ3n) is 5.74. The van der Waals surface area contributed by atoms with Crippen molar-refractivity contribution in [2.24, 2.45) is 17.8 Å². The molecule has 1 saturated heterocycles. The van der Waals surface area contributed by atoms with E-state index in [2.05, 4.69) is 32.3 Å². The molecule has 3 rings (SSSR count). The molecule has 0 saturated carbocycles. The fraction of sp³-hybridized carbons (Fsp3) is 0.556. The molecular formula is C18H26BNO3. The highest BCUT2D eigenvalue weighted by molar-refractivity contribution is 6.62. The van der Waals surface area contributed by atoms with Gasteiger partial charge < -0.3 is 19.4 Å². The van der Waals surface area contributed by atoms with Crippen molar-refractivity contribution in [3.8, 4) is 0 Å². The van der Waals surface area contributed by atoms with Gasteiger partial charge in [0, 0.05) is 23.1 Å². The largest absolute Gasteiger partial charge is 0.490 e. The summed E-state index contributed by atoms with van der Waals surface area (Å²) < 4.78 is 8.50. The van der Waals surface area contributed by atoms with E-state index in [0.717, 1.165) is 17.3 Å². The second kappa shape index (κ2) is 6.31. The van der Waals surface area contributed by atoms with E-state index in [9.17, 15) is 10.0 Å². The number of hydrogen-bond acceptors (Lipinski definition) is 3. The van der Waals surface area contributed by atoms with Gasteiger partial charge in [-0.15, -0.1) is 0 Å². The van der Waals surface area contributed by atoms with Gasteiger partial charge in [-0.2, -0.15) is 0 Å². The van der Waals surface area contributed by atoms with Crippen LogP contribution in [-0.4, -0.2) is 27.8 Å². The van der Waals surface area contributed by atoms with Crippen molar-refractivity contribution < 1.29 is 14.8 Å². The number of nitrogens with zero attached hydrogens (tertiary/aromatic N) is 1. The summed E-state index contributed by atoms with van der Waals surface area (Å²) in [6.07, 6.45) is 2.98. The molecule has 1 aromatic heterocycles. The van der Waals surface area contributed by atoms with E-state index in [1.165, 1.54) is 0 Å². The first-order valence-corrected chi connectivity index (χ1v) is 8.56. The number of hydrogen-bond donors (Lipinski definition) is 2. The number of para-hydroxylation sites is 1. The van der Waals surface area contributed by atoms with Gasteiger partial charge in [-0.3, -0.25) is 0 Å². The third kappa shape index (κ3) is 2.71. The Bertz CT molecular complexity index is 682. The smallest absolute Gasteiger partial charge is 0.423 e. The molecule has 1 aliphatic rings. The molecule has 124 valence electrons. The van der Waals surface area contributed by atoms with E-state index in [1.807, 2.05) is 30.5 Å². The summed E-state index contributed by atoms with van der Waals surface area (Å²) in [4.78, 5) is 0. The van der Waals surface area contributed by atoms with Gasteiger partial charge in [0.25, 0.3) is 0 Å². The van der Waals surface area contributed by atoms with Crippen LogP contribution >= 0.6 is 0 Å². The topological polar surface area (TPSA) is 54.6 Å². The van der Waals surface area contributed by atoms with E-state index < -0.39 is 7.12 Å². The van der Waals surface area contributed by atoms with Crippen LogP contribution in [0.4, 0.5) is 0 Å². The van der Waals surface area contributed by atoms with Crippen LogP contribution in [-0.2, 0) is 4.74 Å². The highest BCUT2D eigenvalue weighted by Gasteiger charge is 2.39. The van der Waals surface area contributed by atoms with Crippen LogP contribution in [0.1, 0.15) is 40.3 Å². The molecule has 1 unspecified atom stereocenters. The van der Waals surface area contributed by atoms with Crippen molar-refractivity contribution in [1.82, 2.24) is 4.57 Å². The Morgan fingerprint density at radius 3 is 2.43 bits per heavy atom. The van der Waals surface area contributed by atoms with Crippen LogP contribution < -0.4 is 5.46 Å². The molecule has 2 aromatic rings. The summed E-state index contributed by atoms with van der Waals surface area (Å²) in [5, 5.41) is 20.3. The van der Waals surface area contributed by atoms with Crippen molar-refractivity contribution in [1.29, 1.82) is 0 Å². The Labute approximate surface area is 138 Å². The van der Waals surface area contributed by atoms with Gasteiger partial charge in [0.1, 0.15) is 6.23 Å². The van der Waals surface area contributed by atoms with Crippen LogP contribution in [0.25, 0.3) is 10.9 Å². The Balaban J connectivity index is 2.09. The molecule has 1 aliphatic heterocycles. The Kier molecular flexibility index (Phi) is 4.54. The molecule has 0 radical (unpaired) electrons. The average molecular weight is 315 g/mol. The molecule has 0 bridgehead atoms. The fourth-order valence-electron chi connectivity index (χ4n) is 3.94. The molecule has 23 heavy (non-hydrogen) atoms.